The van der Waals surface area contributed by atoms with Crippen LogP contribution in [0.3, 0.4) is 0 Å². The first-order chi connectivity index (χ1) is 8.94. The third kappa shape index (κ3) is 2.83. The first-order valence-electron chi connectivity index (χ1n) is 6.83. The SMILES string of the molecule is CC1CCN(C(=O)NC2(C(=O)O)CCOC2)CC1C. The number of carbonyl (C=O) groups is 2. The number of carboxylic acid groups (broad SMARTS) is 1. The fourth-order valence-corrected chi connectivity index (χ4v) is 2.62. The fourth-order valence-electron chi connectivity index (χ4n) is 2.62. The monoisotopic (exact) mass is 270 g/mol. The highest BCUT2D eigenvalue weighted by molar-refractivity contribution is 5.86. The van der Waals surface area contributed by atoms with Crippen LogP contribution < -0.4 is 5.32 Å². The lowest BCUT2D eigenvalue weighted by Crippen LogP contribution is -2.59. The standard InChI is InChI=1S/C13H22N2O4/c1-9-3-5-15(7-10(9)2)12(18)14-13(11(16)17)4-6-19-8-13/h9-10H,3-8H2,1-2H3,(H,14,18)(H,16,17). The van der Waals surface area contributed by atoms with Gasteiger partial charge in [0.1, 0.15) is 0 Å². The fraction of sp³-hybridized carbons (Fsp3) is 0.846. The van der Waals surface area contributed by atoms with Gasteiger partial charge in [-0.15, -0.1) is 0 Å². The van der Waals surface area contributed by atoms with Crippen molar-refractivity contribution in [2.75, 3.05) is 26.3 Å². The van der Waals surface area contributed by atoms with Gasteiger partial charge in [0.05, 0.1) is 6.61 Å². The summed E-state index contributed by atoms with van der Waals surface area (Å²) in [6.45, 7) is 6.10. The Morgan fingerprint density at radius 2 is 2.11 bits per heavy atom. The first-order valence-corrected chi connectivity index (χ1v) is 6.83. The second-order valence-electron chi connectivity index (χ2n) is 5.81. The van der Waals surface area contributed by atoms with Gasteiger partial charge < -0.3 is 20.1 Å². The quantitative estimate of drug-likeness (QED) is 0.782. The predicted molar refractivity (Wildman–Crippen MR) is 68.9 cm³/mol. The Labute approximate surface area is 113 Å². The number of hydrogen-bond donors (Lipinski definition) is 2. The third-order valence-electron chi connectivity index (χ3n) is 4.40. The molecule has 108 valence electrons. The van der Waals surface area contributed by atoms with Crippen molar-refractivity contribution < 1.29 is 19.4 Å². The van der Waals surface area contributed by atoms with E-state index in [4.69, 9.17) is 4.74 Å². The Kier molecular flexibility index (Phi) is 3.99. The van der Waals surface area contributed by atoms with Gasteiger partial charge in [-0.3, -0.25) is 0 Å². The molecule has 2 fully saturated rings. The van der Waals surface area contributed by atoms with Crippen molar-refractivity contribution >= 4 is 12.0 Å². The summed E-state index contributed by atoms with van der Waals surface area (Å²) in [5.41, 5.74) is -1.25. The van der Waals surface area contributed by atoms with E-state index in [0.717, 1.165) is 6.42 Å². The molecule has 6 nitrogen and oxygen atoms in total. The van der Waals surface area contributed by atoms with E-state index in [1.54, 1.807) is 4.90 Å². The summed E-state index contributed by atoms with van der Waals surface area (Å²) in [7, 11) is 0. The van der Waals surface area contributed by atoms with Gasteiger partial charge in [0.15, 0.2) is 5.54 Å². The van der Waals surface area contributed by atoms with Gasteiger partial charge in [0, 0.05) is 26.1 Å². The van der Waals surface area contributed by atoms with Crippen LogP contribution in [-0.2, 0) is 9.53 Å². The van der Waals surface area contributed by atoms with E-state index in [0.29, 0.717) is 38.0 Å². The lowest BCUT2D eigenvalue weighted by molar-refractivity contribution is -0.144. The van der Waals surface area contributed by atoms with E-state index in [-0.39, 0.29) is 12.6 Å². The van der Waals surface area contributed by atoms with Crippen LogP contribution in [0, 0.1) is 11.8 Å². The van der Waals surface area contributed by atoms with Crippen LogP contribution in [0.4, 0.5) is 4.79 Å². The van der Waals surface area contributed by atoms with Gasteiger partial charge in [-0.25, -0.2) is 9.59 Å². The molecule has 0 saturated carbocycles. The number of rotatable bonds is 2. The van der Waals surface area contributed by atoms with E-state index in [1.165, 1.54) is 0 Å². The van der Waals surface area contributed by atoms with E-state index in [2.05, 4.69) is 19.2 Å². The molecule has 2 aliphatic heterocycles. The molecule has 0 aromatic rings. The summed E-state index contributed by atoms with van der Waals surface area (Å²) >= 11 is 0. The molecule has 2 aliphatic rings. The number of urea groups is 1. The molecular weight excluding hydrogens is 248 g/mol. The van der Waals surface area contributed by atoms with Crippen molar-refractivity contribution in [3.63, 3.8) is 0 Å². The van der Waals surface area contributed by atoms with Crippen molar-refractivity contribution in [1.29, 1.82) is 0 Å². The van der Waals surface area contributed by atoms with E-state index < -0.39 is 11.5 Å². The molecule has 0 aliphatic carbocycles. The summed E-state index contributed by atoms with van der Waals surface area (Å²) in [5, 5.41) is 12.0. The first kappa shape index (κ1) is 14.1. The van der Waals surface area contributed by atoms with Crippen LogP contribution in [0.2, 0.25) is 0 Å². The second kappa shape index (κ2) is 5.36. The molecule has 0 radical (unpaired) electrons. The number of hydrogen-bond acceptors (Lipinski definition) is 3. The lowest BCUT2D eigenvalue weighted by atomic mass is 9.89. The maximum Gasteiger partial charge on any atom is 0.332 e. The Hall–Kier alpha value is -1.30. The number of piperidine rings is 1. The average molecular weight is 270 g/mol. The van der Waals surface area contributed by atoms with Gasteiger partial charge in [-0.2, -0.15) is 0 Å². The second-order valence-corrected chi connectivity index (χ2v) is 5.81. The maximum absolute atomic E-state index is 12.2. The Bertz CT molecular complexity index is 366. The molecule has 19 heavy (non-hydrogen) atoms. The Morgan fingerprint density at radius 3 is 2.63 bits per heavy atom. The zero-order valence-electron chi connectivity index (χ0n) is 11.5. The van der Waals surface area contributed by atoms with Crippen LogP contribution >= 0.6 is 0 Å². The van der Waals surface area contributed by atoms with Gasteiger partial charge in [-0.05, 0) is 18.3 Å². The van der Waals surface area contributed by atoms with Gasteiger partial charge in [-0.1, -0.05) is 13.8 Å². The smallest absolute Gasteiger partial charge is 0.332 e. The number of amides is 2. The zero-order valence-corrected chi connectivity index (χ0v) is 11.5. The van der Waals surface area contributed by atoms with Crippen molar-refractivity contribution in [2.24, 2.45) is 11.8 Å². The van der Waals surface area contributed by atoms with Crippen LogP contribution in [0.1, 0.15) is 26.7 Å². The lowest BCUT2D eigenvalue weighted by Gasteiger charge is -2.37. The van der Waals surface area contributed by atoms with Crippen molar-refractivity contribution in [3.8, 4) is 0 Å². The zero-order chi connectivity index (χ0) is 14.0. The molecule has 2 amide bonds. The Morgan fingerprint density at radius 1 is 1.37 bits per heavy atom. The number of nitrogens with zero attached hydrogens (tertiary/aromatic N) is 1. The Balaban J connectivity index is 1.98. The molecule has 3 atom stereocenters. The van der Waals surface area contributed by atoms with Crippen LogP contribution in [0.25, 0.3) is 0 Å². The van der Waals surface area contributed by atoms with Crippen molar-refractivity contribution in [3.05, 3.63) is 0 Å². The molecule has 6 heteroatoms. The van der Waals surface area contributed by atoms with Crippen LogP contribution in [0.15, 0.2) is 0 Å². The summed E-state index contributed by atoms with van der Waals surface area (Å²) in [5.74, 6) is 0.0316. The van der Waals surface area contributed by atoms with Crippen molar-refractivity contribution in [1.82, 2.24) is 10.2 Å². The molecule has 0 aromatic carbocycles. The van der Waals surface area contributed by atoms with Gasteiger partial charge in [0.25, 0.3) is 0 Å². The number of carbonyl (C=O) groups excluding carboxylic acids is 1. The van der Waals surface area contributed by atoms with Crippen LogP contribution in [0.5, 0.6) is 0 Å². The van der Waals surface area contributed by atoms with Gasteiger partial charge in [0.2, 0.25) is 0 Å². The number of aliphatic carboxylic acids is 1. The molecule has 0 spiro atoms. The molecular formula is C13H22N2O4. The molecule has 2 rings (SSSR count). The number of carboxylic acids is 1. The molecule has 3 unspecified atom stereocenters. The minimum atomic E-state index is -1.25. The largest absolute Gasteiger partial charge is 0.479 e. The maximum atomic E-state index is 12.2. The molecule has 2 N–H and O–H groups in total. The number of ether oxygens (including phenoxy) is 1. The normalized spacial score (nSPS) is 35.2. The minimum Gasteiger partial charge on any atom is -0.479 e. The topological polar surface area (TPSA) is 78.9 Å². The van der Waals surface area contributed by atoms with Crippen molar-refractivity contribution in [2.45, 2.75) is 32.2 Å². The highest BCUT2D eigenvalue weighted by Crippen LogP contribution is 2.24. The summed E-state index contributed by atoms with van der Waals surface area (Å²) < 4.78 is 5.13. The summed E-state index contributed by atoms with van der Waals surface area (Å²) in [6.07, 6.45) is 1.29. The molecule has 2 saturated heterocycles. The van der Waals surface area contributed by atoms with Crippen LogP contribution in [-0.4, -0.2) is 53.8 Å². The summed E-state index contributed by atoms with van der Waals surface area (Å²) in [4.78, 5) is 25.3. The molecule has 2 heterocycles. The highest BCUT2D eigenvalue weighted by atomic mass is 16.5. The molecule has 0 aromatic heterocycles. The number of nitrogens with one attached hydrogen (secondary N) is 1. The van der Waals surface area contributed by atoms with E-state index >= 15 is 0 Å². The average Bonchev–Trinajstić information content (AvgIpc) is 2.82. The predicted octanol–water partition coefficient (Wildman–Crippen LogP) is 0.918. The highest BCUT2D eigenvalue weighted by Gasteiger charge is 2.45. The number of likely N-dealkylation sites (tertiary alicyclic amines) is 1. The molecule has 0 bridgehead atoms. The minimum absolute atomic E-state index is 0.0495. The van der Waals surface area contributed by atoms with E-state index in [9.17, 15) is 14.7 Å². The van der Waals surface area contributed by atoms with Gasteiger partial charge >= 0.3 is 12.0 Å². The van der Waals surface area contributed by atoms with E-state index in [1.807, 2.05) is 0 Å². The summed E-state index contributed by atoms with van der Waals surface area (Å²) in [6, 6.07) is -0.286. The third-order valence-corrected chi connectivity index (χ3v) is 4.40.